The number of fused-ring (bicyclic) bond motifs is 5. The summed E-state index contributed by atoms with van der Waals surface area (Å²) in [6, 6.07) is 0. The quantitative estimate of drug-likeness (QED) is 0.704. The molecule has 134 valence electrons. The van der Waals surface area contributed by atoms with E-state index in [0.29, 0.717) is 23.5 Å². The molecule has 0 aromatic heterocycles. The molecule has 0 amide bonds. The van der Waals surface area contributed by atoms with Crippen LogP contribution in [0.1, 0.15) is 72.6 Å². The van der Waals surface area contributed by atoms with E-state index in [0.717, 1.165) is 44.4 Å². The van der Waals surface area contributed by atoms with Gasteiger partial charge in [-0.2, -0.15) is 0 Å². The minimum atomic E-state index is -0.131. The average Bonchev–Trinajstić information content (AvgIpc) is 2.80. The summed E-state index contributed by atoms with van der Waals surface area (Å²) in [4.78, 5) is 13.1. The summed E-state index contributed by atoms with van der Waals surface area (Å²) in [6.45, 7) is 9.19. The van der Waals surface area contributed by atoms with Crippen LogP contribution in [0.2, 0.25) is 0 Å². The van der Waals surface area contributed by atoms with Crippen LogP contribution in [0, 0.1) is 40.4 Å². The Morgan fingerprint density at radius 2 is 1.83 bits per heavy atom. The zero-order valence-electron chi connectivity index (χ0n) is 15.8. The fourth-order valence-corrected chi connectivity index (χ4v) is 7.08. The highest BCUT2D eigenvalue weighted by atomic mass is 16.3. The van der Waals surface area contributed by atoms with Crippen LogP contribution in [0.4, 0.5) is 0 Å². The molecule has 2 heteroatoms. The van der Waals surface area contributed by atoms with Crippen molar-refractivity contribution in [3.05, 3.63) is 11.6 Å². The standard InChI is InChI=1S/C22H34O2/c1-13(2)17-12-19-16-6-5-14-11-15(23)7-9-21(14,3)18(16)8-10-22(19,4)20(17)24/h5,13,15-19,23H,6-12H2,1-4H3/t15-,16-,17+,18+,19+,21+,22+/m1/s1. The fraction of sp³-hybridized carbons (Fsp3) is 0.864. The monoisotopic (exact) mass is 330 g/mol. The second-order valence-electron chi connectivity index (χ2n) is 10.1. The Hall–Kier alpha value is -0.630. The first kappa shape index (κ1) is 16.8. The first-order valence-electron chi connectivity index (χ1n) is 10.2. The molecule has 0 radical (unpaired) electrons. The van der Waals surface area contributed by atoms with Gasteiger partial charge in [0.05, 0.1) is 6.10 Å². The number of hydrogen-bond acceptors (Lipinski definition) is 2. The van der Waals surface area contributed by atoms with E-state index in [2.05, 4.69) is 33.8 Å². The molecule has 3 fully saturated rings. The Morgan fingerprint density at radius 3 is 2.54 bits per heavy atom. The molecule has 4 aliphatic carbocycles. The Kier molecular flexibility index (Phi) is 3.81. The van der Waals surface area contributed by atoms with Crippen LogP contribution in [-0.4, -0.2) is 17.0 Å². The van der Waals surface area contributed by atoms with E-state index in [4.69, 9.17) is 0 Å². The molecule has 24 heavy (non-hydrogen) atoms. The lowest BCUT2D eigenvalue weighted by Crippen LogP contribution is -2.50. The molecule has 0 unspecified atom stereocenters. The maximum absolute atomic E-state index is 13.1. The highest BCUT2D eigenvalue weighted by Crippen LogP contribution is 2.65. The molecule has 0 aliphatic heterocycles. The van der Waals surface area contributed by atoms with Crippen LogP contribution in [0.5, 0.6) is 0 Å². The van der Waals surface area contributed by atoms with Crippen LogP contribution >= 0.6 is 0 Å². The number of hydrogen-bond donors (Lipinski definition) is 1. The highest BCUT2D eigenvalue weighted by Gasteiger charge is 2.61. The van der Waals surface area contributed by atoms with Crippen molar-refractivity contribution in [3.8, 4) is 0 Å². The van der Waals surface area contributed by atoms with E-state index >= 15 is 0 Å². The van der Waals surface area contributed by atoms with Crippen LogP contribution < -0.4 is 0 Å². The maximum atomic E-state index is 13.1. The molecule has 1 N–H and O–H groups in total. The molecule has 0 spiro atoms. The predicted octanol–water partition coefficient (Wildman–Crippen LogP) is 4.76. The third-order valence-corrected chi connectivity index (χ3v) is 8.68. The molecule has 0 bridgehead atoms. The summed E-state index contributed by atoms with van der Waals surface area (Å²) in [5.74, 6) is 3.32. The van der Waals surface area contributed by atoms with E-state index < -0.39 is 0 Å². The van der Waals surface area contributed by atoms with Gasteiger partial charge in [0, 0.05) is 11.3 Å². The van der Waals surface area contributed by atoms with Crippen molar-refractivity contribution in [1.29, 1.82) is 0 Å². The molecule has 0 heterocycles. The van der Waals surface area contributed by atoms with Crippen LogP contribution in [0.15, 0.2) is 11.6 Å². The topological polar surface area (TPSA) is 37.3 Å². The van der Waals surface area contributed by atoms with Crippen LogP contribution in [0.3, 0.4) is 0 Å². The normalized spacial score (nSPS) is 51.0. The number of allylic oxidation sites excluding steroid dienone is 1. The Bertz CT molecular complexity index is 577. The summed E-state index contributed by atoms with van der Waals surface area (Å²) in [7, 11) is 0. The number of rotatable bonds is 1. The summed E-state index contributed by atoms with van der Waals surface area (Å²) in [5.41, 5.74) is 1.74. The number of carbonyl (C=O) groups excluding carboxylic acids is 1. The SMILES string of the molecule is CC(C)[C@@H]1C[C@H]2[C@@H]3CC=C4C[C@H](O)CC[C@]4(C)[C@H]3CC[C@]2(C)C1=O. The lowest BCUT2D eigenvalue weighted by molar-refractivity contribution is -0.135. The number of ketones is 1. The number of aliphatic hydroxyl groups excluding tert-OH is 1. The molecular weight excluding hydrogens is 296 g/mol. The summed E-state index contributed by atoms with van der Waals surface area (Å²) in [5, 5.41) is 10.1. The molecule has 4 aliphatic rings. The molecule has 3 saturated carbocycles. The first-order valence-corrected chi connectivity index (χ1v) is 10.2. The van der Waals surface area contributed by atoms with E-state index in [1.54, 1.807) is 0 Å². The lowest BCUT2D eigenvalue weighted by Gasteiger charge is -2.56. The minimum absolute atomic E-state index is 0.0635. The van der Waals surface area contributed by atoms with Crippen molar-refractivity contribution < 1.29 is 9.90 Å². The largest absolute Gasteiger partial charge is 0.393 e. The Labute approximate surface area is 147 Å². The molecule has 2 nitrogen and oxygen atoms in total. The third kappa shape index (κ3) is 2.14. The maximum Gasteiger partial charge on any atom is 0.142 e. The van der Waals surface area contributed by atoms with Gasteiger partial charge in [-0.1, -0.05) is 39.3 Å². The van der Waals surface area contributed by atoms with Gasteiger partial charge in [-0.05, 0) is 74.0 Å². The van der Waals surface area contributed by atoms with Gasteiger partial charge in [0.1, 0.15) is 5.78 Å². The van der Waals surface area contributed by atoms with Gasteiger partial charge in [0.25, 0.3) is 0 Å². The van der Waals surface area contributed by atoms with Gasteiger partial charge >= 0.3 is 0 Å². The van der Waals surface area contributed by atoms with Crippen LogP contribution in [0.25, 0.3) is 0 Å². The minimum Gasteiger partial charge on any atom is -0.393 e. The molecular formula is C22H34O2. The smallest absolute Gasteiger partial charge is 0.142 e. The zero-order chi connectivity index (χ0) is 17.3. The second kappa shape index (κ2) is 5.43. The van der Waals surface area contributed by atoms with E-state index in [1.165, 1.54) is 12.0 Å². The van der Waals surface area contributed by atoms with Gasteiger partial charge in [-0.25, -0.2) is 0 Å². The molecule has 0 saturated heterocycles. The van der Waals surface area contributed by atoms with Crippen molar-refractivity contribution in [2.24, 2.45) is 40.4 Å². The first-order chi connectivity index (χ1) is 11.3. The average molecular weight is 331 g/mol. The summed E-state index contributed by atoms with van der Waals surface area (Å²) >= 11 is 0. The number of aliphatic hydroxyl groups is 1. The lowest BCUT2D eigenvalue weighted by atomic mass is 9.48. The molecule has 0 aromatic carbocycles. The second-order valence-corrected chi connectivity index (χ2v) is 10.1. The summed E-state index contributed by atoms with van der Waals surface area (Å²) in [6.07, 6.45) is 9.85. The zero-order valence-corrected chi connectivity index (χ0v) is 15.8. The fourth-order valence-electron chi connectivity index (χ4n) is 7.08. The highest BCUT2D eigenvalue weighted by molar-refractivity contribution is 5.89. The van der Waals surface area contributed by atoms with Crippen molar-refractivity contribution >= 4 is 5.78 Å². The number of carbonyl (C=O) groups is 1. The van der Waals surface area contributed by atoms with Crippen LogP contribution in [-0.2, 0) is 4.79 Å². The Morgan fingerprint density at radius 1 is 1.12 bits per heavy atom. The van der Waals surface area contributed by atoms with Crippen molar-refractivity contribution in [2.75, 3.05) is 0 Å². The van der Waals surface area contributed by atoms with E-state index in [1.807, 2.05) is 0 Å². The van der Waals surface area contributed by atoms with Gasteiger partial charge in [-0.15, -0.1) is 0 Å². The van der Waals surface area contributed by atoms with E-state index in [9.17, 15) is 9.90 Å². The van der Waals surface area contributed by atoms with Gasteiger partial charge in [-0.3, -0.25) is 4.79 Å². The van der Waals surface area contributed by atoms with Crippen molar-refractivity contribution in [3.63, 3.8) is 0 Å². The van der Waals surface area contributed by atoms with Crippen molar-refractivity contribution in [2.45, 2.75) is 78.7 Å². The van der Waals surface area contributed by atoms with Gasteiger partial charge < -0.3 is 5.11 Å². The molecule has 4 rings (SSSR count). The Balaban J connectivity index is 1.68. The molecule has 0 aromatic rings. The number of Topliss-reactive ketones (excluding diaryl/α,β-unsaturated/α-hetero) is 1. The van der Waals surface area contributed by atoms with Gasteiger partial charge in [0.2, 0.25) is 0 Å². The third-order valence-electron chi connectivity index (χ3n) is 8.68. The summed E-state index contributed by atoms with van der Waals surface area (Å²) < 4.78 is 0. The van der Waals surface area contributed by atoms with Gasteiger partial charge in [0.15, 0.2) is 0 Å². The van der Waals surface area contributed by atoms with Crippen molar-refractivity contribution in [1.82, 2.24) is 0 Å². The molecule has 7 atom stereocenters. The predicted molar refractivity (Wildman–Crippen MR) is 96.4 cm³/mol. The van der Waals surface area contributed by atoms with E-state index in [-0.39, 0.29) is 22.9 Å².